The summed E-state index contributed by atoms with van der Waals surface area (Å²) in [6.45, 7) is 3.86. The molecule has 2 fully saturated rings. The number of likely N-dealkylation sites (N-methyl/N-ethyl adjacent to an activating group) is 1. The van der Waals surface area contributed by atoms with Crippen molar-refractivity contribution in [2.75, 3.05) is 33.4 Å². The van der Waals surface area contributed by atoms with E-state index in [0.29, 0.717) is 25.6 Å². The van der Waals surface area contributed by atoms with Gasteiger partial charge in [0.2, 0.25) is 5.91 Å². The number of benzene rings is 1. The number of nitrogens with zero attached hydrogens (tertiary/aromatic N) is 2. The van der Waals surface area contributed by atoms with Gasteiger partial charge in [0.15, 0.2) is 0 Å². The largest absolute Gasteiger partial charge is 0.388 e. The third-order valence-electron chi connectivity index (χ3n) is 5.33. The van der Waals surface area contributed by atoms with Crippen molar-refractivity contribution in [2.24, 2.45) is 5.92 Å². The van der Waals surface area contributed by atoms with Crippen LogP contribution in [0.15, 0.2) is 30.3 Å². The Morgan fingerprint density at radius 2 is 1.96 bits per heavy atom. The van der Waals surface area contributed by atoms with Crippen molar-refractivity contribution >= 4 is 5.91 Å². The lowest BCUT2D eigenvalue weighted by Gasteiger charge is -2.33. The molecule has 2 saturated heterocycles. The highest BCUT2D eigenvalue weighted by Crippen LogP contribution is 2.23. The van der Waals surface area contributed by atoms with Crippen molar-refractivity contribution in [1.82, 2.24) is 9.80 Å². The second-order valence-electron chi connectivity index (χ2n) is 7.09. The monoisotopic (exact) mass is 332 g/mol. The molecule has 5 nitrogen and oxygen atoms in total. The summed E-state index contributed by atoms with van der Waals surface area (Å²) in [4.78, 5) is 16.6. The maximum absolute atomic E-state index is 12.5. The Morgan fingerprint density at radius 1 is 1.25 bits per heavy atom. The van der Waals surface area contributed by atoms with E-state index in [4.69, 9.17) is 4.74 Å². The maximum Gasteiger partial charge on any atom is 0.223 e. The zero-order valence-electron chi connectivity index (χ0n) is 14.4. The molecule has 132 valence electrons. The molecular weight excluding hydrogens is 304 g/mol. The second kappa shape index (κ2) is 8.10. The summed E-state index contributed by atoms with van der Waals surface area (Å²) >= 11 is 0. The van der Waals surface area contributed by atoms with E-state index >= 15 is 0 Å². The Kier molecular flexibility index (Phi) is 5.87. The Balaban J connectivity index is 1.42. The third-order valence-corrected chi connectivity index (χ3v) is 5.33. The molecule has 1 amide bonds. The first-order chi connectivity index (χ1) is 11.6. The molecule has 0 aromatic heterocycles. The van der Waals surface area contributed by atoms with Gasteiger partial charge >= 0.3 is 0 Å². The van der Waals surface area contributed by atoms with E-state index in [0.717, 1.165) is 32.5 Å². The number of piperidine rings is 1. The average molecular weight is 332 g/mol. The molecule has 2 atom stereocenters. The minimum atomic E-state index is -0.549. The molecule has 3 rings (SSSR count). The van der Waals surface area contributed by atoms with Crippen molar-refractivity contribution < 1.29 is 14.6 Å². The van der Waals surface area contributed by atoms with Crippen LogP contribution in [0.2, 0.25) is 0 Å². The number of hydrogen-bond donors (Lipinski definition) is 1. The Morgan fingerprint density at radius 3 is 2.58 bits per heavy atom. The molecule has 0 spiro atoms. The fourth-order valence-corrected chi connectivity index (χ4v) is 3.67. The first-order valence-corrected chi connectivity index (χ1v) is 8.91. The number of rotatable bonds is 5. The lowest BCUT2D eigenvalue weighted by atomic mass is 9.92. The minimum Gasteiger partial charge on any atom is -0.388 e. The molecule has 2 heterocycles. The Bertz CT molecular complexity index is 529. The van der Waals surface area contributed by atoms with Crippen molar-refractivity contribution in [3.63, 3.8) is 0 Å². The fraction of sp³-hybridized carbons (Fsp3) is 0.632. The van der Waals surface area contributed by atoms with Gasteiger partial charge in [0.1, 0.15) is 0 Å². The van der Waals surface area contributed by atoms with Gasteiger partial charge in [0.25, 0.3) is 0 Å². The van der Waals surface area contributed by atoms with Crippen LogP contribution >= 0.6 is 0 Å². The molecule has 0 aliphatic carbocycles. The predicted molar refractivity (Wildman–Crippen MR) is 92.4 cm³/mol. The Hall–Kier alpha value is -1.43. The highest BCUT2D eigenvalue weighted by molar-refractivity contribution is 5.76. The molecule has 1 aromatic carbocycles. The smallest absolute Gasteiger partial charge is 0.223 e. The number of carbonyl (C=O) groups is 1. The van der Waals surface area contributed by atoms with Crippen LogP contribution in [0.3, 0.4) is 0 Å². The van der Waals surface area contributed by atoms with Crippen molar-refractivity contribution in [3.8, 4) is 0 Å². The van der Waals surface area contributed by atoms with E-state index in [1.807, 2.05) is 6.07 Å². The Labute approximate surface area is 144 Å². The van der Waals surface area contributed by atoms with Gasteiger partial charge in [-0.15, -0.1) is 0 Å². The highest BCUT2D eigenvalue weighted by atomic mass is 16.5. The zero-order valence-corrected chi connectivity index (χ0v) is 14.4. The van der Waals surface area contributed by atoms with Crippen LogP contribution in [0, 0.1) is 5.92 Å². The standard InChI is InChI=1S/C19H28N2O3/c1-20(17-13-24-14-18(17)22)19(23)11-15-7-9-21(10-8-15)12-16-5-3-2-4-6-16/h2-6,15,17-18,22H,7-14H2,1H3/t17-,18-/m1/s1. The van der Waals surface area contributed by atoms with Crippen LogP contribution in [-0.4, -0.2) is 66.3 Å². The molecule has 1 N–H and O–H groups in total. The van der Waals surface area contributed by atoms with Crippen molar-refractivity contribution in [3.05, 3.63) is 35.9 Å². The predicted octanol–water partition coefficient (Wildman–Crippen LogP) is 1.51. The number of amides is 1. The second-order valence-corrected chi connectivity index (χ2v) is 7.09. The van der Waals surface area contributed by atoms with Crippen LogP contribution in [0.1, 0.15) is 24.8 Å². The minimum absolute atomic E-state index is 0.131. The maximum atomic E-state index is 12.5. The van der Waals surface area contributed by atoms with Gasteiger partial charge in [0, 0.05) is 20.0 Å². The van der Waals surface area contributed by atoms with Gasteiger partial charge in [-0.25, -0.2) is 0 Å². The van der Waals surface area contributed by atoms with E-state index in [1.165, 1.54) is 5.56 Å². The van der Waals surface area contributed by atoms with Crippen LogP contribution in [-0.2, 0) is 16.1 Å². The topological polar surface area (TPSA) is 53.0 Å². The van der Waals surface area contributed by atoms with Gasteiger partial charge in [-0.2, -0.15) is 0 Å². The lowest BCUT2D eigenvalue weighted by molar-refractivity contribution is -0.134. The molecule has 2 aliphatic rings. The van der Waals surface area contributed by atoms with Crippen LogP contribution in [0.25, 0.3) is 0 Å². The zero-order chi connectivity index (χ0) is 16.9. The van der Waals surface area contributed by atoms with Crippen LogP contribution in [0.4, 0.5) is 0 Å². The molecule has 24 heavy (non-hydrogen) atoms. The summed E-state index contributed by atoms with van der Waals surface area (Å²) in [5.41, 5.74) is 1.35. The molecule has 0 unspecified atom stereocenters. The molecular formula is C19H28N2O3. The van der Waals surface area contributed by atoms with Crippen LogP contribution in [0.5, 0.6) is 0 Å². The van der Waals surface area contributed by atoms with E-state index in [-0.39, 0.29) is 11.9 Å². The summed E-state index contributed by atoms with van der Waals surface area (Å²) in [7, 11) is 1.79. The number of aliphatic hydroxyl groups is 1. The molecule has 0 radical (unpaired) electrons. The summed E-state index contributed by atoms with van der Waals surface area (Å²) in [5, 5.41) is 9.86. The molecule has 2 aliphatic heterocycles. The average Bonchev–Trinajstić information content (AvgIpc) is 3.03. The fourth-order valence-electron chi connectivity index (χ4n) is 3.67. The summed E-state index contributed by atoms with van der Waals surface area (Å²) in [6.07, 6.45) is 2.16. The SMILES string of the molecule is CN(C(=O)CC1CCN(Cc2ccccc2)CC1)[C@@H]1COC[C@H]1O. The van der Waals surface area contributed by atoms with Gasteiger partial charge in [-0.05, 0) is 37.4 Å². The summed E-state index contributed by atoms with van der Waals surface area (Å²) in [6, 6.07) is 10.4. The summed E-state index contributed by atoms with van der Waals surface area (Å²) < 4.78 is 5.25. The van der Waals surface area contributed by atoms with Crippen molar-refractivity contribution in [2.45, 2.75) is 38.0 Å². The molecule has 1 aromatic rings. The number of carbonyl (C=O) groups excluding carboxylic acids is 1. The lowest BCUT2D eigenvalue weighted by Crippen LogP contribution is -2.45. The first-order valence-electron chi connectivity index (χ1n) is 8.91. The van der Waals surface area contributed by atoms with Gasteiger partial charge in [-0.3, -0.25) is 9.69 Å². The number of hydrogen-bond acceptors (Lipinski definition) is 4. The van der Waals surface area contributed by atoms with Gasteiger partial charge < -0.3 is 14.7 Å². The van der Waals surface area contributed by atoms with Crippen molar-refractivity contribution in [1.29, 1.82) is 0 Å². The molecule has 0 saturated carbocycles. The third kappa shape index (κ3) is 4.35. The number of likely N-dealkylation sites (tertiary alicyclic amines) is 1. The molecule has 5 heteroatoms. The molecule has 0 bridgehead atoms. The van der Waals surface area contributed by atoms with Gasteiger partial charge in [0.05, 0.1) is 25.4 Å². The highest BCUT2D eigenvalue weighted by Gasteiger charge is 2.33. The van der Waals surface area contributed by atoms with Crippen LogP contribution < -0.4 is 0 Å². The first kappa shape index (κ1) is 17.4. The van der Waals surface area contributed by atoms with E-state index in [1.54, 1.807) is 11.9 Å². The van der Waals surface area contributed by atoms with E-state index < -0.39 is 6.10 Å². The summed E-state index contributed by atoms with van der Waals surface area (Å²) in [5.74, 6) is 0.581. The normalized spacial score (nSPS) is 25.8. The number of ether oxygens (including phenoxy) is 1. The quantitative estimate of drug-likeness (QED) is 0.888. The van der Waals surface area contributed by atoms with Gasteiger partial charge in [-0.1, -0.05) is 30.3 Å². The van der Waals surface area contributed by atoms with E-state index in [9.17, 15) is 9.90 Å². The number of aliphatic hydroxyl groups excluding tert-OH is 1. The van der Waals surface area contributed by atoms with E-state index in [2.05, 4.69) is 29.2 Å².